The molecule has 2 aliphatic rings. The van der Waals surface area contributed by atoms with Crippen LogP contribution in [0.5, 0.6) is 0 Å². The van der Waals surface area contributed by atoms with Gasteiger partial charge < -0.3 is 11.1 Å². The molecule has 0 saturated heterocycles. The summed E-state index contributed by atoms with van der Waals surface area (Å²) in [5.74, 6) is 0.0449. The molecule has 0 bridgehead atoms. The second-order valence-electron chi connectivity index (χ2n) is 6.69. The van der Waals surface area contributed by atoms with Gasteiger partial charge in [0.25, 0.3) is 0 Å². The van der Waals surface area contributed by atoms with Gasteiger partial charge in [0.05, 0.1) is 5.54 Å². The molecule has 114 valence electrons. The monoisotopic (exact) mass is 350 g/mol. The Morgan fingerprint density at radius 3 is 2.52 bits per heavy atom. The largest absolute Gasteiger partial charge is 0.354 e. The number of hydrogen-bond donors (Lipinski definition) is 2. The molecule has 3 rings (SSSR count). The number of amides is 1. The highest BCUT2D eigenvalue weighted by Gasteiger charge is 2.45. The van der Waals surface area contributed by atoms with Gasteiger partial charge in [-0.3, -0.25) is 4.79 Å². The average molecular weight is 351 g/mol. The first-order valence-electron chi connectivity index (χ1n) is 7.87. The fourth-order valence-corrected chi connectivity index (χ4v) is 3.77. The van der Waals surface area contributed by atoms with Crippen LogP contribution in [-0.4, -0.2) is 18.0 Å². The van der Waals surface area contributed by atoms with Crippen molar-refractivity contribution in [1.82, 2.24) is 5.32 Å². The van der Waals surface area contributed by atoms with E-state index in [-0.39, 0.29) is 11.3 Å². The van der Waals surface area contributed by atoms with Crippen LogP contribution in [0.2, 0.25) is 0 Å². The van der Waals surface area contributed by atoms with E-state index in [1.54, 1.807) is 0 Å². The summed E-state index contributed by atoms with van der Waals surface area (Å²) in [6.07, 6.45) is 7.27. The molecule has 2 fully saturated rings. The third-order valence-corrected chi connectivity index (χ3v) is 5.57. The Bertz CT molecular complexity index is 533. The zero-order chi connectivity index (χ0) is 14.9. The van der Waals surface area contributed by atoms with Crippen LogP contribution in [0.1, 0.15) is 50.5 Å². The Kier molecular flexibility index (Phi) is 4.10. The fourth-order valence-electron chi connectivity index (χ4n) is 3.37. The maximum atomic E-state index is 12.4. The van der Waals surface area contributed by atoms with Gasteiger partial charge in [0, 0.05) is 16.4 Å². The van der Waals surface area contributed by atoms with Crippen LogP contribution in [0.25, 0.3) is 0 Å². The van der Waals surface area contributed by atoms with Crippen molar-refractivity contribution in [2.75, 3.05) is 6.54 Å². The van der Waals surface area contributed by atoms with Crippen molar-refractivity contribution >= 4 is 21.8 Å². The van der Waals surface area contributed by atoms with Crippen LogP contribution in [0.4, 0.5) is 0 Å². The maximum absolute atomic E-state index is 12.4. The molecule has 0 radical (unpaired) electrons. The van der Waals surface area contributed by atoms with Crippen molar-refractivity contribution in [3.05, 3.63) is 34.3 Å². The number of carbonyl (C=O) groups excluding carboxylic acids is 1. The van der Waals surface area contributed by atoms with Crippen LogP contribution < -0.4 is 11.1 Å². The highest BCUT2D eigenvalue weighted by molar-refractivity contribution is 9.10. The predicted octanol–water partition coefficient (Wildman–Crippen LogP) is 3.26. The second kappa shape index (κ2) is 5.73. The number of hydrogen-bond acceptors (Lipinski definition) is 2. The molecule has 1 amide bonds. The number of halogens is 1. The zero-order valence-corrected chi connectivity index (χ0v) is 13.9. The fraction of sp³-hybridized carbons (Fsp3) is 0.588. The Morgan fingerprint density at radius 1 is 1.19 bits per heavy atom. The first-order chi connectivity index (χ1) is 10.0. The second-order valence-corrected chi connectivity index (χ2v) is 7.61. The van der Waals surface area contributed by atoms with Crippen molar-refractivity contribution in [3.63, 3.8) is 0 Å². The molecular weight excluding hydrogens is 328 g/mol. The van der Waals surface area contributed by atoms with Gasteiger partial charge in [0.2, 0.25) is 5.91 Å². The smallest absolute Gasteiger partial charge is 0.240 e. The van der Waals surface area contributed by atoms with Crippen molar-refractivity contribution in [2.24, 2.45) is 5.73 Å². The summed E-state index contributed by atoms with van der Waals surface area (Å²) < 4.78 is 1.10. The summed E-state index contributed by atoms with van der Waals surface area (Å²) in [7, 11) is 0. The van der Waals surface area contributed by atoms with Gasteiger partial charge in [0.1, 0.15) is 0 Å². The van der Waals surface area contributed by atoms with Crippen LogP contribution in [0.15, 0.2) is 28.7 Å². The summed E-state index contributed by atoms with van der Waals surface area (Å²) in [6.45, 7) is 0.710. The van der Waals surface area contributed by atoms with Crippen LogP contribution in [0, 0.1) is 0 Å². The van der Waals surface area contributed by atoms with Crippen molar-refractivity contribution in [3.8, 4) is 0 Å². The number of nitrogens with one attached hydrogen (secondary N) is 1. The molecular formula is C17H23BrN2O. The highest BCUT2D eigenvalue weighted by Crippen LogP contribution is 2.48. The van der Waals surface area contributed by atoms with Crippen LogP contribution in [-0.2, 0) is 10.2 Å². The standard InChI is InChI=1S/C17H23BrN2O/c18-14-6-4-5-13(11-14)16(9-10-16)12-20-15(21)17(19)7-2-1-3-8-17/h4-6,11H,1-3,7-10,12,19H2,(H,20,21). The lowest BCUT2D eigenvalue weighted by molar-refractivity contribution is -0.127. The molecule has 0 aliphatic heterocycles. The van der Waals surface area contributed by atoms with E-state index >= 15 is 0 Å². The van der Waals surface area contributed by atoms with Gasteiger partial charge in [-0.05, 0) is 43.4 Å². The number of carbonyl (C=O) groups is 1. The molecule has 3 nitrogen and oxygen atoms in total. The van der Waals surface area contributed by atoms with E-state index in [4.69, 9.17) is 5.73 Å². The Labute approximate surface area is 134 Å². The number of benzene rings is 1. The zero-order valence-electron chi connectivity index (χ0n) is 12.3. The lowest BCUT2D eigenvalue weighted by Gasteiger charge is -2.32. The lowest BCUT2D eigenvalue weighted by Crippen LogP contribution is -2.56. The van der Waals surface area contributed by atoms with Gasteiger partial charge in [0.15, 0.2) is 0 Å². The maximum Gasteiger partial charge on any atom is 0.240 e. The minimum atomic E-state index is -0.633. The van der Waals surface area contributed by atoms with Crippen LogP contribution in [0.3, 0.4) is 0 Å². The normalized spacial score (nSPS) is 22.6. The SMILES string of the molecule is NC1(C(=O)NCC2(c3cccc(Br)c3)CC2)CCCCC1. The minimum Gasteiger partial charge on any atom is -0.354 e. The van der Waals surface area contributed by atoms with E-state index in [9.17, 15) is 4.79 Å². The summed E-state index contributed by atoms with van der Waals surface area (Å²) >= 11 is 3.53. The van der Waals surface area contributed by atoms with Crippen LogP contribution >= 0.6 is 15.9 Å². The van der Waals surface area contributed by atoms with Crippen molar-refractivity contribution in [2.45, 2.75) is 55.9 Å². The Hall–Kier alpha value is -0.870. The molecule has 3 N–H and O–H groups in total. The van der Waals surface area contributed by atoms with E-state index in [1.165, 1.54) is 12.0 Å². The molecule has 21 heavy (non-hydrogen) atoms. The van der Waals surface area contributed by atoms with Gasteiger partial charge in [-0.25, -0.2) is 0 Å². The van der Waals surface area contributed by atoms with Gasteiger partial charge in [-0.2, -0.15) is 0 Å². The van der Waals surface area contributed by atoms with Crippen molar-refractivity contribution < 1.29 is 4.79 Å². The van der Waals surface area contributed by atoms with Gasteiger partial charge in [-0.15, -0.1) is 0 Å². The van der Waals surface area contributed by atoms with Gasteiger partial charge in [-0.1, -0.05) is 47.3 Å². The number of rotatable bonds is 4. The molecule has 2 saturated carbocycles. The summed E-state index contributed by atoms with van der Waals surface area (Å²) in [4.78, 5) is 12.4. The quantitative estimate of drug-likeness (QED) is 0.875. The molecule has 0 unspecified atom stereocenters. The van der Waals surface area contributed by atoms with E-state index in [1.807, 2.05) is 6.07 Å². The Morgan fingerprint density at radius 2 is 1.90 bits per heavy atom. The molecule has 2 aliphatic carbocycles. The van der Waals surface area contributed by atoms with E-state index in [2.05, 4.69) is 39.4 Å². The topological polar surface area (TPSA) is 55.1 Å². The molecule has 1 aromatic carbocycles. The van der Waals surface area contributed by atoms with Crippen molar-refractivity contribution in [1.29, 1.82) is 0 Å². The molecule has 0 heterocycles. The van der Waals surface area contributed by atoms with Gasteiger partial charge >= 0.3 is 0 Å². The highest BCUT2D eigenvalue weighted by atomic mass is 79.9. The number of nitrogens with two attached hydrogens (primary N) is 1. The lowest BCUT2D eigenvalue weighted by atomic mass is 9.81. The van der Waals surface area contributed by atoms with E-state index < -0.39 is 5.54 Å². The minimum absolute atomic E-state index is 0.0449. The molecule has 0 atom stereocenters. The average Bonchev–Trinajstić information content (AvgIpc) is 3.27. The molecule has 1 aromatic rings. The summed E-state index contributed by atoms with van der Waals surface area (Å²) in [5.41, 5.74) is 7.10. The molecule has 0 aromatic heterocycles. The third-order valence-electron chi connectivity index (χ3n) is 5.08. The Balaban J connectivity index is 1.63. The van der Waals surface area contributed by atoms with E-state index in [0.717, 1.165) is 43.0 Å². The summed E-state index contributed by atoms with van der Waals surface area (Å²) in [6, 6.07) is 8.42. The van der Waals surface area contributed by atoms with E-state index in [0.29, 0.717) is 6.54 Å². The third kappa shape index (κ3) is 3.16. The first-order valence-corrected chi connectivity index (χ1v) is 8.67. The molecule has 0 spiro atoms. The predicted molar refractivity (Wildman–Crippen MR) is 88.1 cm³/mol. The summed E-state index contributed by atoms with van der Waals surface area (Å²) in [5, 5.41) is 3.13. The molecule has 4 heteroatoms. The first kappa shape index (κ1) is 15.0.